The number of halogens is 2. The second kappa shape index (κ2) is 5.60. The lowest BCUT2D eigenvalue weighted by atomic mass is 9.90. The van der Waals surface area contributed by atoms with Gasteiger partial charge in [-0.15, -0.1) is 0 Å². The van der Waals surface area contributed by atoms with Gasteiger partial charge in [0, 0.05) is 28.4 Å². The van der Waals surface area contributed by atoms with Crippen molar-refractivity contribution in [1.29, 1.82) is 0 Å². The van der Waals surface area contributed by atoms with Gasteiger partial charge in [0.05, 0.1) is 0 Å². The summed E-state index contributed by atoms with van der Waals surface area (Å²) < 4.78 is 0. The van der Waals surface area contributed by atoms with Crippen molar-refractivity contribution in [2.45, 2.75) is 44.1 Å². The van der Waals surface area contributed by atoms with Gasteiger partial charge in [-0.2, -0.15) is 0 Å². The first-order valence-electron chi connectivity index (χ1n) is 6.23. The van der Waals surface area contributed by atoms with Crippen molar-refractivity contribution in [2.24, 2.45) is 5.73 Å². The number of nitrogens with two attached hydrogens (primary N) is 1. The average Bonchev–Trinajstić information content (AvgIpc) is 2.69. The van der Waals surface area contributed by atoms with Crippen LogP contribution in [0.3, 0.4) is 0 Å². The summed E-state index contributed by atoms with van der Waals surface area (Å²) in [6.45, 7) is 0. The van der Waals surface area contributed by atoms with Crippen molar-refractivity contribution in [3.8, 4) is 0 Å². The summed E-state index contributed by atoms with van der Waals surface area (Å²) in [4.78, 5) is 12.0. The minimum absolute atomic E-state index is 0.156. The van der Waals surface area contributed by atoms with E-state index >= 15 is 0 Å². The van der Waals surface area contributed by atoms with Crippen LogP contribution in [0, 0.1) is 0 Å². The maximum Gasteiger partial charge on any atom is 0.139 e. The number of benzene rings is 1. The Labute approximate surface area is 117 Å². The van der Waals surface area contributed by atoms with Gasteiger partial charge in [0.15, 0.2) is 0 Å². The fourth-order valence-corrected chi connectivity index (χ4v) is 3.06. The van der Waals surface area contributed by atoms with Gasteiger partial charge in [-0.3, -0.25) is 4.79 Å². The molecule has 0 spiro atoms. The smallest absolute Gasteiger partial charge is 0.139 e. The molecule has 2 rings (SSSR count). The van der Waals surface area contributed by atoms with Gasteiger partial charge in [-0.1, -0.05) is 42.1 Å². The van der Waals surface area contributed by atoms with E-state index in [0.717, 1.165) is 31.2 Å². The van der Waals surface area contributed by atoms with E-state index in [1.165, 1.54) is 0 Å². The summed E-state index contributed by atoms with van der Waals surface area (Å²) in [6, 6.07) is 5.23. The Hall–Kier alpha value is -0.570. The highest BCUT2D eigenvalue weighted by molar-refractivity contribution is 6.35. The molecule has 1 saturated carbocycles. The lowest BCUT2D eigenvalue weighted by molar-refractivity contribution is -0.119. The van der Waals surface area contributed by atoms with Gasteiger partial charge in [0.2, 0.25) is 0 Å². The first kappa shape index (κ1) is 13.9. The van der Waals surface area contributed by atoms with Crippen LogP contribution in [0.15, 0.2) is 18.2 Å². The van der Waals surface area contributed by atoms with Crippen LogP contribution in [0.5, 0.6) is 0 Å². The standard InChI is InChI=1S/C14H17Cl2NO/c15-11-4-3-10(13(16)8-11)7-12(18)9-14(17)5-1-2-6-14/h3-4,8H,1-2,5-7,9,17H2. The van der Waals surface area contributed by atoms with Crippen LogP contribution in [0.25, 0.3) is 0 Å². The Bertz CT molecular complexity index is 453. The average molecular weight is 286 g/mol. The van der Waals surface area contributed by atoms with E-state index < -0.39 is 0 Å². The van der Waals surface area contributed by atoms with Crippen molar-refractivity contribution >= 4 is 29.0 Å². The lowest BCUT2D eigenvalue weighted by Gasteiger charge is -2.22. The van der Waals surface area contributed by atoms with Crippen LogP contribution in [-0.4, -0.2) is 11.3 Å². The molecule has 0 aliphatic heterocycles. The fraction of sp³-hybridized carbons (Fsp3) is 0.500. The molecule has 1 fully saturated rings. The quantitative estimate of drug-likeness (QED) is 0.915. The molecule has 0 unspecified atom stereocenters. The third-order valence-electron chi connectivity index (χ3n) is 3.55. The highest BCUT2D eigenvalue weighted by Crippen LogP contribution is 2.31. The first-order chi connectivity index (χ1) is 8.48. The van der Waals surface area contributed by atoms with Gasteiger partial charge in [-0.25, -0.2) is 0 Å². The predicted octanol–water partition coefficient (Wildman–Crippen LogP) is 3.77. The van der Waals surface area contributed by atoms with E-state index in [0.29, 0.717) is 22.9 Å². The van der Waals surface area contributed by atoms with Crippen molar-refractivity contribution in [1.82, 2.24) is 0 Å². The molecule has 0 aromatic heterocycles. The second-order valence-corrected chi connectivity index (χ2v) is 6.04. The van der Waals surface area contributed by atoms with Crippen LogP contribution < -0.4 is 5.73 Å². The van der Waals surface area contributed by atoms with Gasteiger partial charge >= 0.3 is 0 Å². The van der Waals surface area contributed by atoms with Crippen LogP contribution in [0.2, 0.25) is 10.0 Å². The molecule has 0 heterocycles. The zero-order valence-corrected chi connectivity index (χ0v) is 11.7. The van der Waals surface area contributed by atoms with Crippen LogP contribution in [0.1, 0.15) is 37.7 Å². The van der Waals surface area contributed by atoms with E-state index in [1.807, 2.05) is 0 Å². The Morgan fingerprint density at radius 2 is 1.94 bits per heavy atom. The number of carbonyl (C=O) groups excluding carboxylic acids is 1. The molecule has 4 heteroatoms. The summed E-state index contributed by atoms with van der Waals surface area (Å²) >= 11 is 11.9. The summed E-state index contributed by atoms with van der Waals surface area (Å²) in [7, 11) is 0. The molecular formula is C14H17Cl2NO. The molecule has 2 nitrogen and oxygen atoms in total. The van der Waals surface area contributed by atoms with E-state index in [1.54, 1.807) is 18.2 Å². The molecule has 18 heavy (non-hydrogen) atoms. The molecule has 1 aromatic rings. The number of ketones is 1. The van der Waals surface area contributed by atoms with Gasteiger partial charge < -0.3 is 5.73 Å². The Morgan fingerprint density at radius 1 is 1.28 bits per heavy atom. The van der Waals surface area contributed by atoms with Crippen molar-refractivity contribution in [2.75, 3.05) is 0 Å². The van der Waals surface area contributed by atoms with E-state index in [4.69, 9.17) is 28.9 Å². The monoisotopic (exact) mass is 285 g/mol. The molecular weight excluding hydrogens is 269 g/mol. The fourth-order valence-electron chi connectivity index (χ4n) is 2.59. The zero-order chi connectivity index (χ0) is 13.2. The number of hydrogen-bond acceptors (Lipinski definition) is 2. The summed E-state index contributed by atoms with van der Waals surface area (Å²) in [5.74, 6) is 0.156. The van der Waals surface area contributed by atoms with Gasteiger partial charge in [-0.05, 0) is 30.5 Å². The van der Waals surface area contributed by atoms with Crippen molar-refractivity contribution < 1.29 is 4.79 Å². The molecule has 0 amide bonds. The molecule has 0 atom stereocenters. The molecule has 1 aliphatic carbocycles. The van der Waals surface area contributed by atoms with Gasteiger partial charge in [0.1, 0.15) is 5.78 Å². The van der Waals surface area contributed by atoms with Crippen LogP contribution in [-0.2, 0) is 11.2 Å². The van der Waals surface area contributed by atoms with Gasteiger partial charge in [0.25, 0.3) is 0 Å². The third-order valence-corrected chi connectivity index (χ3v) is 4.14. The Morgan fingerprint density at radius 3 is 2.56 bits per heavy atom. The van der Waals surface area contributed by atoms with Crippen molar-refractivity contribution in [3.05, 3.63) is 33.8 Å². The molecule has 1 aliphatic rings. The maximum absolute atomic E-state index is 12.0. The normalized spacial score (nSPS) is 17.9. The highest BCUT2D eigenvalue weighted by atomic mass is 35.5. The minimum atomic E-state index is -0.282. The second-order valence-electron chi connectivity index (χ2n) is 5.20. The number of Topliss-reactive ketones (excluding diaryl/α,β-unsaturated/α-hetero) is 1. The number of hydrogen-bond donors (Lipinski definition) is 1. The molecule has 0 bridgehead atoms. The number of carbonyl (C=O) groups is 1. The predicted molar refractivity (Wildman–Crippen MR) is 75.2 cm³/mol. The zero-order valence-electron chi connectivity index (χ0n) is 10.2. The Balaban J connectivity index is 1.98. The molecule has 1 aromatic carbocycles. The molecule has 0 radical (unpaired) electrons. The summed E-state index contributed by atoms with van der Waals surface area (Å²) in [5.41, 5.74) is 6.75. The number of rotatable bonds is 4. The van der Waals surface area contributed by atoms with Crippen molar-refractivity contribution in [3.63, 3.8) is 0 Å². The molecule has 2 N–H and O–H groups in total. The summed E-state index contributed by atoms with van der Waals surface area (Å²) in [5, 5.41) is 1.13. The van der Waals surface area contributed by atoms with E-state index in [-0.39, 0.29) is 11.3 Å². The molecule has 0 saturated heterocycles. The lowest BCUT2D eigenvalue weighted by Crippen LogP contribution is -2.39. The third kappa shape index (κ3) is 3.47. The first-order valence-corrected chi connectivity index (χ1v) is 6.99. The highest BCUT2D eigenvalue weighted by Gasteiger charge is 2.31. The molecule has 98 valence electrons. The minimum Gasteiger partial charge on any atom is -0.325 e. The largest absolute Gasteiger partial charge is 0.325 e. The summed E-state index contributed by atoms with van der Waals surface area (Å²) in [6.07, 6.45) is 4.96. The topological polar surface area (TPSA) is 43.1 Å². The van der Waals surface area contributed by atoms with Crippen LogP contribution in [0.4, 0.5) is 0 Å². The van der Waals surface area contributed by atoms with E-state index in [2.05, 4.69) is 0 Å². The Kier molecular flexibility index (Phi) is 4.31. The maximum atomic E-state index is 12.0. The SMILES string of the molecule is NC1(CC(=O)Cc2ccc(Cl)cc2Cl)CCCC1. The van der Waals surface area contributed by atoms with Crippen LogP contribution >= 0.6 is 23.2 Å². The van der Waals surface area contributed by atoms with E-state index in [9.17, 15) is 4.79 Å².